The Hall–Kier alpha value is -3.02. The lowest BCUT2D eigenvalue weighted by Gasteiger charge is -2.39. The molecule has 0 radical (unpaired) electrons. The first-order valence-electron chi connectivity index (χ1n) is 13.0. The van der Waals surface area contributed by atoms with Crippen LogP contribution in [-0.2, 0) is 4.74 Å². The van der Waals surface area contributed by atoms with E-state index in [2.05, 4.69) is 32.0 Å². The number of ether oxygens (including phenoxy) is 4. The van der Waals surface area contributed by atoms with Crippen molar-refractivity contribution in [3.8, 4) is 17.2 Å². The lowest BCUT2D eigenvalue weighted by Crippen LogP contribution is -2.31. The highest BCUT2D eigenvalue weighted by Crippen LogP contribution is 2.44. The molecule has 0 unspecified atom stereocenters. The molecule has 2 heterocycles. The van der Waals surface area contributed by atoms with Crippen LogP contribution in [-0.4, -0.2) is 32.2 Å². The molecule has 37 heavy (non-hydrogen) atoms. The van der Waals surface area contributed by atoms with Gasteiger partial charge in [-0.2, -0.15) is 0 Å². The molecule has 5 rings (SSSR count). The minimum atomic E-state index is -0.110. The van der Waals surface area contributed by atoms with Gasteiger partial charge in [0.05, 0.1) is 25.9 Å². The smallest absolute Gasteiger partial charge is 0.200 e. The predicted molar refractivity (Wildman–Crippen MR) is 144 cm³/mol. The summed E-state index contributed by atoms with van der Waals surface area (Å²) in [5.74, 6) is 2.98. The molecule has 0 bridgehead atoms. The van der Waals surface area contributed by atoms with E-state index in [-0.39, 0.29) is 18.5 Å². The number of carbonyl (C=O) groups is 1. The minimum absolute atomic E-state index is 0.0236. The number of halogens is 1. The molecule has 0 aromatic heterocycles. The van der Waals surface area contributed by atoms with E-state index in [0.29, 0.717) is 60.4 Å². The van der Waals surface area contributed by atoms with Gasteiger partial charge in [0.2, 0.25) is 0 Å². The maximum Gasteiger partial charge on any atom is 0.200 e. The Balaban J connectivity index is 1.25. The molecule has 0 aliphatic carbocycles. The zero-order valence-electron chi connectivity index (χ0n) is 21.3. The van der Waals surface area contributed by atoms with Crippen molar-refractivity contribution in [1.29, 1.82) is 0 Å². The highest BCUT2D eigenvalue weighted by atomic mass is 35.5. The summed E-state index contributed by atoms with van der Waals surface area (Å²) in [5, 5.41) is 0.749. The highest BCUT2D eigenvalue weighted by molar-refractivity contribution is 6.30. The average Bonchev–Trinajstić information content (AvgIpc) is 3.17. The monoisotopic (exact) mass is 520 g/mol. The van der Waals surface area contributed by atoms with E-state index in [1.807, 2.05) is 30.3 Å². The Labute approximate surface area is 223 Å². The third kappa shape index (κ3) is 6.11. The van der Waals surface area contributed by atoms with Gasteiger partial charge in [0, 0.05) is 22.9 Å². The fourth-order valence-corrected chi connectivity index (χ4v) is 5.27. The second kappa shape index (κ2) is 11.6. The van der Waals surface area contributed by atoms with Gasteiger partial charge in [-0.05, 0) is 71.8 Å². The van der Waals surface area contributed by atoms with Gasteiger partial charge < -0.3 is 18.9 Å². The van der Waals surface area contributed by atoms with Crippen LogP contribution in [0.2, 0.25) is 5.02 Å². The molecule has 194 valence electrons. The van der Waals surface area contributed by atoms with Crippen LogP contribution in [0.3, 0.4) is 0 Å². The molecule has 3 aromatic carbocycles. The SMILES string of the molecule is CC(C)[C@@H]1C[C@H](c2ccc(Cl)cc2)CO[C@H]1c1cccc(OCC(=O)c2ccc3c(c2)OCCCO3)c1. The predicted octanol–water partition coefficient (Wildman–Crippen LogP) is 7.28. The summed E-state index contributed by atoms with van der Waals surface area (Å²) in [6.45, 7) is 6.29. The molecular formula is C31H33ClO5. The summed E-state index contributed by atoms with van der Waals surface area (Å²) in [5.41, 5.74) is 2.89. The molecule has 6 heteroatoms. The number of rotatable bonds is 7. The van der Waals surface area contributed by atoms with Crippen molar-refractivity contribution in [3.05, 3.63) is 88.4 Å². The maximum atomic E-state index is 12.9. The third-order valence-corrected chi connectivity index (χ3v) is 7.50. The van der Waals surface area contributed by atoms with Crippen molar-refractivity contribution in [1.82, 2.24) is 0 Å². The summed E-state index contributed by atoms with van der Waals surface area (Å²) in [6.07, 6.45) is 1.84. The summed E-state index contributed by atoms with van der Waals surface area (Å²) < 4.78 is 23.8. The van der Waals surface area contributed by atoms with Crippen molar-refractivity contribution in [2.24, 2.45) is 11.8 Å². The van der Waals surface area contributed by atoms with Crippen LogP contribution in [0.1, 0.15) is 60.2 Å². The lowest BCUT2D eigenvalue weighted by molar-refractivity contribution is -0.0552. The Morgan fingerprint density at radius 2 is 1.76 bits per heavy atom. The summed E-state index contributed by atoms with van der Waals surface area (Å²) in [6, 6.07) is 21.3. The van der Waals surface area contributed by atoms with Crippen LogP contribution >= 0.6 is 11.6 Å². The van der Waals surface area contributed by atoms with Gasteiger partial charge in [0.1, 0.15) is 5.75 Å². The van der Waals surface area contributed by atoms with Crippen LogP contribution in [0.5, 0.6) is 17.2 Å². The standard InChI is InChI=1S/C31H33ClO5/c1-20(2)27-16-24(21-7-10-25(32)11-8-21)18-37-31(27)23-5-3-6-26(15-23)36-19-28(33)22-9-12-29-30(17-22)35-14-4-13-34-29/h3,5-12,15,17,20,24,27,31H,4,13-14,16,18-19H2,1-2H3/t24-,27-,31-/m0/s1. The van der Waals surface area contributed by atoms with Gasteiger partial charge >= 0.3 is 0 Å². The second-order valence-electron chi connectivity index (χ2n) is 10.1. The van der Waals surface area contributed by atoms with Gasteiger partial charge in [0.25, 0.3) is 0 Å². The molecule has 0 amide bonds. The molecule has 3 atom stereocenters. The molecule has 1 fully saturated rings. The first kappa shape index (κ1) is 25.6. The maximum absolute atomic E-state index is 12.9. The fraction of sp³-hybridized carbons (Fsp3) is 0.387. The van der Waals surface area contributed by atoms with E-state index < -0.39 is 0 Å². The Morgan fingerprint density at radius 3 is 2.54 bits per heavy atom. The Morgan fingerprint density at radius 1 is 0.973 bits per heavy atom. The molecule has 3 aromatic rings. The number of carbonyl (C=O) groups excluding carboxylic acids is 1. The number of fused-ring (bicyclic) bond motifs is 1. The van der Waals surface area contributed by atoms with Crippen molar-refractivity contribution >= 4 is 17.4 Å². The van der Waals surface area contributed by atoms with E-state index in [9.17, 15) is 4.79 Å². The first-order valence-corrected chi connectivity index (χ1v) is 13.4. The molecule has 2 aliphatic heterocycles. The fourth-order valence-electron chi connectivity index (χ4n) is 5.15. The van der Waals surface area contributed by atoms with Crippen LogP contribution in [0.25, 0.3) is 0 Å². The number of ketones is 1. The topological polar surface area (TPSA) is 54.0 Å². The van der Waals surface area contributed by atoms with Crippen LogP contribution in [0.4, 0.5) is 0 Å². The van der Waals surface area contributed by atoms with E-state index in [1.165, 1.54) is 5.56 Å². The van der Waals surface area contributed by atoms with Crippen molar-refractivity contribution in [2.75, 3.05) is 26.4 Å². The van der Waals surface area contributed by atoms with Crippen LogP contribution in [0.15, 0.2) is 66.7 Å². The quantitative estimate of drug-likeness (QED) is 0.306. The summed E-state index contributed by atoms with van der Waals surface area (Å²) in [4.78, 5) is 12.9. The molecule has 2 aliphatic rings. The number of hydrogen-bond acceptors (Lipinski definition) is 5. The second-order valence-corrected chi connectivity index (χ2v) is 10.6. The largest absolute Gasteiger partial charge is 0.490 e. The van der Waals surface area contributed by atoms with E-state index in [0.717, 1.165) is 23.4 Å². The zero-order chi connectivity index (χ0) is 25.8. The Kier molecular flexibility index (Phi) is 8.02. The molecule has 0 N–H and O–H groups in total. The van der Waals surface area contributed by atoms with Gasteiger partial charge in [-0.15, -0.1) is 0 Å². The lowest BCUT2D eigenvalue weighted by atomic mass is 9.76. The number of Topliss-reactive ketones (excluding diaryl/α,β-unsaturated/α-hetero) is 1. The molecule has 5 nitrogen and oxygen atoms in total. The average molecular weight is 521 g/mol. The van der Waals surface area contributed by atoms with Crippen molar-refractivity contribution in [3.63, 3.8) is 0 Å². The molecule has 1 saturated heterocycles. The third-order valence-electron chi connectivity index (χ3n) is 7.25. The van der Waals surface area contributed by atoms with Crippen LogP contribution < -0.4 is 14.2 Å². The molecular weight excluding hydrogens is 488 g/mol. The van der Waals surface area contributed by atoms with E-state index in [4.69, 9.17) is 30.5 Å². The highest BCUT2D eigenvalue weighted by Gasteiger charge is 2.35. The number of benzene rings is 3. The van der Waals surface area contributed by atoms with Crippen molar-refractivity contribution < 1.29 is 23.7 Å². The van der Waals surface area contributed by atoms with Gasteiger partial charge in [0.15, 0.2) is 23.9 Å². The van der Waals surface area contributed by atoms with E-state index in [1.54, 1.807) is 18.2 Å². The molecule has 0 saturated carbocycles. The Bertz CT molecular complexity index is 1220. The van der Waals surface area contributed by atoms with Gasteiger partial charge in [-0.1, -0.05) is 49.7 Å². The summed E-state index contributed by atoms with van der Waals surface area (Å²) >= 11 is 6.09. The van der Waals surface area contributed by atoms with Gasteiger partial charge in [-0.25, -0.2) is 0 Å². The summed E-state index contributed by atoms with van der Waals surface area (Å²) in [7, 11) is 0. The zero-order valence-corrected chi connectivity index (χ0v) is 22.1. The van der Waals surface area contributed by atoms with Crippen LogP contribution in [0, 0.1) is 11.8 Å². The van der Waals surface area contributed by atoms with Gasteiger partial charge in [-0.3, -0.25) is 4.79 Å². The minimum Gasteiger partial charge on any atom is -0.490 e. The van der Waals surface area contributed by atoms with E-state index >= 15 is 0 Å². The van der Waals surface area contributed by atoms with Crippen molar-refractivity contribution in [2.45, 2.75) is 38.7 Å². The number of hydrogen-bond donors (Lipinski definition) is 0. The first-order chi connectivity index (χ1) is 18.0. The normalized spacial score (nSPS) is 21.4. The molecule has 0 spiro atoms.